The second kappa shape index (κ2) is 7.76. The summed E-state index contributed by atoms with van der Waals surface area (Å²) < 4.78 is 16.2. The molecule has 1 aliphatic rings. The zero-order valence-corrected chi connectivity index (χ0v) is 14.8. The van der Waals surface area contributed by atoms with E-state index in [1.54, 1.807) is 18.9 Å². The van der Waals surface area contributed by atoms with Gasteiger partial charge < -0.3 is 18.9 Å². The number of rotatable bonds is 5. The van der Waals surface area contributed by atoms with Gasteiger partial charge in [0.1, 0.15) is 6.04 Å². The molecule has 1 amide bonds. The lowest BCUT2D eigenvalue weighted by Gasteiger charge is -2.37. The van der Waals surface area contributed by atoms with E-state index in [9.17, 15) is 4.79 Å². The van der Waals surface area contributed by atoms with Gasteiger partial charge in [-0.05, 0) is 25.0 Å². The van der Waals surface area contributed by atoms with Crippen LogP contribution in [0, 0.1) is 6.92 Å². The van der Waals surface area contributed by atoms with Crippen molar-refractivity contribution in [3.63, 3.8) is 0 Å². The number of aromatic nitrogens is 2. The maximum atomic E-state index is 12.9. The van der Waals surface area contributed by atoms with Gasteiger partial charge in [-0.2, -0.15) is 4.98 Å². The lowest BCUT2D eigenvalue weighted by molar-refractivity contribution is -0.146. The summed E-state index contributed by atoms with van der Waals surface area (Å²) >= 11 is 0. The van der Waals surface area contributed by atoms with Crippen LogP contribution in [0.5, 0.6) is 0 Å². The molecule has 25 heavy (non-hydrogen) atoms. The normalized spacial score (nSPS) is 20.7. The number of methoxy groups -OCH3 is 1. The highest BCUT2D eigenvalue weighted by Crippen LogP contribution is 2.29. The van der Waals surface area contributed by atoms with Crippen LogP contribution in [-0.2, 0) is 27.3 Å². The number of benzene rings is 1. The molecule has 2 heterocycles. The van der Waals surface area contributed by atoms with Gasteiger partial charge in [-0.3, -0.25) is 4.79 Å². The quantitative estimate of drug-likeness (QED) is 0.825. The Bertz CT molecular complexity index is 731. The van der Waals surface area contributed by atoms with Gasteiger partial charge in [0.25, 0.3) is 5.89 Å². The molecule has 1 aromatic heterocycles. The van der Waals surface area contributed by atoms with Crippen molar-refractivity contribution in [3.05, 3.63) is 47.1 Å². The minimum absolute atomic E-state index is 0.0190. The maximum Gasteiger partial charge on any atom is 0.252 e. The van der Waals surface area contributed by atoms with E-state index in [1.807, 2.05) is 31.2 Å². The fraction of sp³-hybridized carbons (Fsp3) is 0.500. The molecular formula is C18H23N3O4. The second-order valence-electron chi connectivity index (χ2n) is 6.22. The van der Waals surface area contributed by atoms with Crippen LogP contribution in [-0.4, -0.2) is 47.3 Å². The molecule has 1 fully saturated rings. The predicted octanol–water partition coefficient (Wildman–Crippen LogP) is 2.06. The van der Waals surface area contributed by atoms with Crippen LogP contribution >= 0.6 is 0 Å². The van der Waals surface area contributed by atoms with Gasteiger partial charge in [-0.15, -0.1) is 0 Å². The number of aryl methyl sites for hydroxylation is 1. The van der Waals surface area contributed by atoms with Crippen LogP contribution in [0.15, 0.2) is 28.8 Å². The van der Waals surface area contributed by atoms with Crippen LogP contribution < -0.4 is 0 Å². The van der Waals surface area contributed by atoms with E-state index < -0.39 is 0 Å². The molecule has 0 spiro atoms. The molecule has 0 bridgehead atoms. The molecule has 1 aliphatic heterocycles. The minimum Gasteiger partial charge on any atom is -0.380 e. The lowest BCUT2D eigenvalue weighted by atomic mass is 10.0. The number of ether oxygens (including phenoxy) is 2. The van der Waals surface area contributed by atoms with Crippen molar-refractivity contribution in [2.24, 2.45) is 0 Å². The highest BCUT2D eigenvalue weighted by molar-refractivity contribution is 5.79. The average molecular weight is 345 g/mol. The van der Waals surface area contributed by atoms with E-state index in [-0.39, 0.29) is 18.1 Å². The van der Waals surface area contributed by atoms with Gasteiger partial charge >= 0.3 is 0 Å². The third kappa shape index (κ3) is 4.05. The van der Waals surface area contributed by atoms with Crippen LogP contribution in [0.4, 0.5) is 0 Å². The molecule has 0 radical (unpaired) electrons. The Labute approximate surface area is 146 Å². The van der Waals surface area contributed by atoms with E-state index in [4.69, 9.17) is 14.0 Å². The first-order valence-electron chi connectivity index (χ1n) is 8.36. The van der Waals surface area contributed by atoms with Gasteiger partial charge in [-0.25, -0.2) is 0 Å². The van der Waals surface area contributed by atoms with Gasteiger partial charge in [0.15, 0.2) is 5.82 Å². The molecule has 1 aromatic carbocycles. The third-order valence-corrected chi connectivity index (χ3v) is 4.27. The van der Waals surface area contributed by atoms with Gasteiger partial charge in [0, 0.05) is 13.7 Å². The lowest BCUT2D eigenvalue weighted by Crippen LogP contribution is -2.47. The first-order valence-corrected chi connectivity index (χ1v) is 8.36. The second-order valence-corrected chi connectivity index (χ2v) is 6.22. The molecular weight excluding hydrogens is 322 g/mol. The molecule has 1 saturated heterocycles. The van der Waals surface area contributed by atoms with Crippen LogP contribution in [0.2, 0.25) is 0 Å². The first kappa shape index (κ1) is 17.6. The largest absolute Gasteiger partial charge is 0.380 e. The van der Waals surface area contributed by atoms with E-state index in [0.717, 1.165) is 11.1 Å². The van der Waals surface area contributed by atoms with Crippen LogP contribution in [0.25, 0.3) is 0 Å². The molecule has 0 aliphatic carbocycles. The number of hydrogen-bond donors (Lipinski definition) is 0. The maximum absolute atomic E-state index is 12.9. The van der Waals surface area contributed by atoms with E-state index in [2.05, 4.69) is 10.1 Å². The fourth-order valence-electron chi connectivity index (χ4n) is 3.14. The van der Waals surface area contributed by atoms with Crippen LogP contribution in [0.3, 0.4) is 0 Å². The van der Waals surface area contributed by atoms with Crippen molar-refractivity contribution in [2.75, 3.05) is 20.3 Å². The molecule has 2 aromatic rings. The number of carbonyl (C=O) groups is 1. The number of nitrogens with zero attached hydrogens (tertiary/aromatic N) is 3. The minimum atomic E-state index is -0.357. The highest BCUT2D eigenvalue weighted by atomic mass is 16.5. The Morgan fingerprint density at radius 2 is 2.20 bits per heavy atom. The molecule has 0 N–H and O–H groups in total. The zero-order chi connectivity index (χ0) is 17.8. The summed E-state index contributed by atoms with van der Waals surface area (Å²) in [7, 11) is 1.66. The summed E-state index contributed by atoms with van der Waals surface area (Å²) in [4.78, 5) is 19.0. The molecule has 0 unspecified atom stereocenters. The summed E-state index contributed by atoms with van der Waals surface area (Å²) in [5, 5.41) is 3.84. The summed E-state index contributed by atoms with van der Waals surface area (Å²) in [5.41, 5.74) is 2.01. The molecule has 7 nitrogen and oxygen atoms in total. The first-order chi connectivity index (χ1) is 12.1. The third-order valence-electron chi connectivity index (χ3n) is 4.27. The monoisotopic (exact) mass is 345 g/mol. The SMILES string of the molecule is COCc1cccc(CC(=O)N2CCO[C@H](C)[C@H]2c2nc(C)no2)c1. The Balaban J connectivity index is 1.78. The number of morpholine rings is 1. The molecule has 0 saturated carbocycles. The molecule has 134 valence electrons. The van der Waals surface area contributed by atoms with E-state index in [0.29, 0.717) is 37.9 Å². The van der Waals surface area contributed by atoms with Crippen molar-refractivity contribution in [1.82, 2.24) is 15.0 Å². The fourth-order valence-corrected chi connectivity index (χ4v) is 3.14. The average Bonchev–Trinajstić information content (AvgIpc) is 3.01. The predicted molar refractivity (Wildman–Crippen MR) is 89.8 cm³/mol. The number of amides is 1. The molecule has 7 heteroatoms. The molecule has 2 atom stereocenters. The van der Waals surface area contributed by atoms with Crippen molar-refractivity contribution in [3.8, 4) is 0 Å². The number of hydrogen-bond acceptors (Lipinski definition) is 6. The topological polar surface area (TPSA) is 77.7 Å². The van der Waals surface area contributed by atoms with Crippen molar-refractivity contribution >= 4 is 5.91 Å². The van der Waals surface area contributed by atoms with Crippen LogP contribution in [0.1, 0.15) is 35.8 Å². The Kier molecular flexibility index (Phi) is 5.45. The summed E-state index contributed by atoms with van der Waals surface area (Å²) in [6, 6.07) is 7.52. The summed E-state index contributed by atoms with van der Waals surface area (Å²) in [5.74, 6) is 0.990. The van der Waals surface area contributed by atoms with E-state index in [1.165, 1.54) is 0 Å². The number of carbonyl (C=O) groups excluding carboxylic acids is 1. The Morgan fingerprint density at radius 3 is 2.92 bits per heavy atom. The van der Waals surface area contributed by atoms with Crippen molar-refractivity contribution in [1.29, 1.82) is 0 Å². The van der Waals surface area contributed by atoms with Gasteiger partial charge in [-0.1, -0.05) is 29.4 Å². The zero-order valence-electron chi connectivity index (χ0n) is 14.8. The van der Waals surface area contributed by atoms with Crippen molar-refractivity contribution in [2.45, 2.75) is 39.0 Å². The molecule has 3 rings (SSSR count). The summed E-state index contributed by atoms with van der Waals surface area (Å²) in [6.07, 6.45) is 0.117. The standard InChI is InChI=1S/C18H23N3O4/c1-12-17(18-19-13(2)20-25-18)21(7-8-24-12)16(22)10-14-5-4-6-15(9-14)11-23-3/h4-6,9,12,17H,7-8,10-11H2,1-3H3/t12-,17+/m1/s1. The van der Waals surface area contributed by atoms with E-state index >= 15 is 0 Å². The smallest absolute Gasteiger partial charge is 0.252 e. The Hall–Kier alpha value is -2.25. The van der Waals surface area contributed by atoms with Gasteiger partial charge in [0.05, 0.1) is 25.7 Å². The van der Waals surface area contributed by atoms with Gasteiger partial charge in [0.2, 0.25) is 5.91 Å². The Morgan fingerprint density at radius 1 is 1.40 bits per heavy atom. The highest BCUT2D eigenvalue weighted by Gasteiger charge is 2.37. The summed E-state index contributed by atoms with van der Waals surface area (Å²) in [6.45, 7) is 5.21. The van der Waals surface area contributed by atoms with Crippen molar-refractivity contribution < 1.29 is 18.8 Å².